The van der Waals surface area contributed by atoms with Crippen LogP contribution in [-0.4, -0.2) is 60.3 Å². The number of hydrogen-bond acceptors (Lipinski definition) is 5. The molecule has 0 amide bonds. The molecule has 2 aromatic carbocycles. The molecule has 0 spiro atoms. The molecule has 1 saturated heterocycles. The molecule has 2 fully saturated rings. The summed E-state index contributed by atoms with van der Waals surface area (Å²) >= 11 is 0. The van der Waals surface area contributed by atoms with E-state index in [2.05, 4.69) is 40.1 Å². The van der Waals surface area contributed by atoms with Gasteiger partial charge in [-0.15, -0.1) is 0 Å². The van der Waals surface area contributed by atoms with Crippen molar-refractivity contribution in [3.05, 3.63) is 59.7 Å². The number of hydrogen-bond donors (Lipinski definition) is 1. The molecule has 30 heavy (non-hydrogen) atoms. The first-order valence-electron chi connectivity index (χ1n) is 11.3. The third kappa shape index (κ3) is 4.20. The van der Waals surface area contributed by atoms with Crippen molar-refractivity contribution >= 4 is 0 Å². The van der Waals surface area contributed by atoms with Crippen LogP contribution >= 0.6 is 0 Å². The Labute approximate surface area is 179 Å². The summed E-state index contributed by atoms with van der Waals surface area (Å²) in [6.07, 6.45) is 3.70. The maximum Gasteiger partial charge on any atom is 0.161 e. The number of nitrogens with zero attached hydrogens (tertiary/aromatic N) is 2. The Hall–Kier alpha value is -2.08. The summed E-state index contributed by atoms with van der Waals surface area (Å²) in [4.78, 5) is 5.20. The van der Waals surface area contributed by atoms with Crippen molar-refractivity contribution in [3.63, 3.8) is 0 Å². The lowest BCUT2D eigenvalue weighted by molar-refractivity contribution is -0.0322. The summed E-state index contributed by atoms with van der Waals surface area (Å²) in [6, 6.07) is 17.3. The molecular weight excluding hydrogens is 376 g/mol. The van der Waals surface area contributed by atoms with E-state index in [0.717, 1.165) is 75.5 Å². The monoisotopic (exact) mass is 408 g/mol. The Morgan fingerprint density at radius 3 is 2.30 bits per heavy atom. The van der Waals surface area contributed by atoms with Crippen molar-refractivity contribution in [1.29, 1.82) is 0 Å². The minimum atomic E-state index is -0.749. The van der Waals surface area contributed by atoms with Crippen LogP contribution < -0.4 is 9.47 Å². The molecule has 2 heterocycles. The second-order valence-electron chi connectivity index (χ2n) is 8.92. The van der Waals surface area contributed by atoms with Gasteiger partial charge in [-0.3, -0.25) is 9.80 Å². The Kier molecular flexibility index (Phi) is 5.68. The first-order valence-corrected chi connectivity index (χ1v) is 11.3. The molecule has 2 aromatic rings. The highest BCUT2D eigenvalue weighted by Gasteiger charge is 2.38. The Bertz CT molecular complexity index is 841. The summed E-state index contributed by atoms with van der Waals surface area (Å²) < 4.78 is 11.3. The lowest BCUT2D eigenvalue weighted by Crippen LogP contribution is -2.51. The lowest BCUT2D eigenvalue weighted by Gasteiger charge is -2.44. The fourth-order valence-electron chi connectivity index (χ4n) is 5.19. The van der Waals surface area contributed by atoms with E-state index in [1.54, 1.807) is 0 Å². The quantitative estimate of drug-likeness (QED) is 0.840. The lowest BCUT2D eigenvalue weighted by atomic mass is 9.77. The van der Waals surface area contributed by atoms with Crippen molar-refractivity contribution in [1.82, 2.24) is 9.80 Å². The fourth-order valence-corrected chi connectivity index (χ4v) is 5.19. The third-order valence-corrected chi connectivity index (χ3v) is 7.03. The van der Waals surface area contributed by atoms with Gasteiger partial charge < -0.3 is 14.6 Å². The van der Waals surface area contributed by atoms with Crippen LogP contribution in [0.15, 0.2) is 48.5 Å². The predicted molar refractivity (Wildman–Crippen MR) is 117 cm³/mol. The number of piperazine rings is 1. The first kappa shape index (κ1) is 19.9. The Morgan fingerprint density at radius 2 is 1.57 bits per heavy atom. The van der Waals surface area contributed by atoms with Crippen LogP contribution in [0.5, 0.6) is 11.5 Å². The van der Waals surface area contributed by atoms with E-state index in [4.69, 9.17) is 9.47 Å². The van der Waals surface area contributed by atoms with Gasteiger partial charge in [0.05, 0.1) is 5.60 Å². The number of aliphatic hydroxyl groups is 1. The third-order valence-electron chi connectivity index (χ3n) is 7.03. The average Bonchev–Trinajstić information content (AvgIpc) is 2.81. The van der Waals surface area contributed by atoms with Crippen molar-refractivity contribution in [2.75, 3.05) is 39.4 Å². The largest absolute Gasteiger partial charge is 0.486 e. The molecule has 2 aliphatic heterocycles. The molecule has 3 aliphatic rings. The van der Waals surface area contributed by atoms with Gasteiger partial charge in [0.15, 0.2) is 11.5 Å². The van der Waals surface area contributed by atoms with Gasteiger partial charge in [0.25, 0.3) is 0 Å². The SMILES string of the molecule is O[C@]1(c2ccc3c(c2)OCCO3)CC[C@@H](N2CCN(Cc3ccccc3)CC2)CC1. The number of fused-ring (bicyclic) bond motifs is 1. The van der Waals surface area contributed by atoms with Gasteiger partial charge >= 0.3 is 0 Å². The topological polar surface area (TPSA) is 45.2 Å². The Balaban J connectivity index is 1.15. The summed E-state index contributed by atoms with van der Waals surface area (Å²) in [7, 11) is 0. The van der Waals surface area contributed by atoms with Gasteiger partial charge in [0, 0.05) is 38.8 Å². The normalized spacial score (nSPS) is 27.7. The molecule has 1 N–H and O–H groups in total. The molecule has 1 saturated carbocycles. The molecule has 160 valence electrons. The highest BCUT2D eigenvalue weighted by molar-refractivity contribution is 5.45. The summed E-state index contributed by atoms with van der Waals surface area (Å²) in [5.74, 6) is 1.56. The maximum atomic E-state index is 11.3. The summed E-state index contributed by atoms with van der Waals surface area (Å²) in [6.45, 7) is 6.71. The number of rotatable bonds is 4. The molecule has 0 aromatic heterocycles. The zero-order chi connectivity index (χ0) is 20.4. The van der Waals surface area contributed by atoms with Crippen molar-refractivity contribution < 1.29 is 14.6 Å². The van der Waals surface area contributed by atoms with Crippen LogP contribution in [-0.2, 0) is 12.1 Å². The van der Waals surface area contributed by atoms with E-state index in [1.165, 1.54) is 5.56 Å². The van der Waals surface area contributed by atoms with Crippen molar-refractivity contribution in [2.45, 2.75) is 43.9 Å². The van der Waals surface area contributed by atoms with E-state index in [0.29, 0.717) is 19.3 Å². The van der Waals surface area contributed by atoms with E-state index < -0.39 is 5.60 Å². The molecule has 5 heteroatoms. The highest BCUT2D eigenvalue weighted by Crippen LogP contribution is 2.42. The van der Waals surface area contributed by atoms with Gasteiger partial charge in [0.2, 0.25) is 0 Å². The van der Waals surface area contributed by atoms with Crippen LogP contribution in [0.25, 0.3) is 0 Å². The van der Waals surface area contributed by atoms with Crippen molar-refractivity contribution in [3.8, 4) is 11.5 Å². The van der Waals surface area contributed by atoms with E-state index in [1.807, 2.05) is 18.2 Å². The second kappa shape index (κ2) is 8.58. The standard InChI is InChI=1S/C25H32N2O3/c28-25(21-6-7-23-24(18-21)30-17-16-29-23)10-8-22(9-11-25)27-14-12-26(13-15-27)19-20-4-2-1-3-5-20/h1-7,18,22,28H,8-17,19H2/t22-,25-. The minimum absolute atomic E-state index is 0.577. The zero-order valence-corrected chi connectivity index (χ0v) is 17.6. The molecule has 5 rings (SSSR count). The van der Waals surface area contributed by atoms with E-state index in [-0.39, 0.29) is 0 Å². The van der Waals surface area contributed by atoms with Crippen molar-refractivity contribution in [2.24, 2.45) is 0 Å². The molecule has 0 unspecified atom stereocenters. The molecular formula is C25H32N2O3. The first-order chi connectivity index (χ1) is 14.7. The van der Waals surface area contributed by atoms with Gasteiger partial charge in [-0.2, -0.15) is 0 Å². The van der Waals surface area contributed by atoms with Crippen LogP contribution in [0.2, 0.25) is 0 Å². The van der Waals surface area contributed by atoms with E-state index >= 15 is 0 Å². The summed E-state index contributed by atoms with van der Waals surface area (Å²) in [5.41, 5.74) is 1.62. The molecule has 0 bridgehead atoms. The number of benzene rings is 2. The maximum absolute atomic E-state index is 11.3. The fraction of sp³-hybridized carbons (Fsp3) is 0.520. The summed E-state index contributed by atoms with van der Waals surface area (Å²) in [5, 5.41) is 11.3. The van der Waals surface area contributed by atoms with Crippen LogP contribution in [0.3, 0.4) is 0 Å². The minimum Gasteiger partial charge on any atom is -0.486 e. The predicted octanol–water partition coefficient (Wildman–Crippen LogP) is 3.41. The molecule has 5 nitrogen and oxygen atoms in total. The van der Waals surface area contributed by atoms with Gasteiger partial charge in [-0.1, -0.05) is 36.4 Å². The van der Waals surface area contributed by atoms with Crippen LogP contribution in [0.4, 0.5) is 0 Å². The smallest absolute Gasteiger partial charge is 0.161 e. The van der Waals surface area contributed by atoms with Gasteiger partial charge in [-0.25, -0.2) is 0 Å². The van der Waals surface area contributed by atoms with Gasteiger partial charge in [0.1, 0.15) is 13.2 Å². The van der Waals surface area contributed by atoms with Gasteiger partial charge in [-0.05, 0) is 48.9 Å². The van der Waals surface area contributed by atoms with Crippen LogP contribution in [0, 0.1) is 0 Å². The Morgan fingerprint density at radius 1 is 0.867 bits per heavy atom. The molecule has 1 aliphatic carbocycles. The molecule has 0 atom stereocenters. The molecule has 0 radical (unpaired) electrons. The number of ether oxygens (including phenoxy) is 2. The second-order valence-corrected chi connectivity index (χ2v) is 8.92. The zero-order valence-electron chi connectivity index (χ0n) is 17.6. The average molecular weight is 409 g/mol. The van der Waals surface area contributed by atoms with E-state index in [9.17, 15) is 5.11 Å². The van der Waals surface area contributed by atoms with Crippen LogP contribution in [0.1, 0.15) is 36.8 Å². The highest BCUT2D eigenvalue weighted by atomic mass is 16.6.